The Balaban J connectivity index is 1.51. The summed E-state index contributed by atoms with van der Waals surface area (Å²) in [6.45, 7) is 2.25. The Morgan fingerprint density at radius 2 is 1.89 bits per heavy atom. The average Bonchev–Trinajstić information content (AvgIpc) is 3.25. The average molecular weight is 486 g/mol. The lowest BCUT2D eigenvalue weighted by Crippen LogP contribution is -2.24. The molecule has 7 nitrogen and oxygen atoms in total. The Bertz CT molecular complexity index is 1590. The van der Waals surface area contributed by atoms with Crippen molar-refractivity contribution in [1.29, 1.82) is 0 Å². The molecule has 0 fully saturated rings. The SMILES string of the molecule is COc1cccc(Cn2c(SCC(=O)Nc3ccc(C)cc3)nc3c(oc4ccccc43)c2=O)c1. The van der Waals surface area contributed by atoms with Gasteiger partial charge < -0.3 is 14.5 Å². The van der Waals surface area contributed by atoms with Crippen molar-refractivity contribution in [2.75, 3.05) is 18.2 Å². The minimum atomic E-state index is -0.296. The van der Waals surface area contributed by atoms with Crippen LogP contribution in [0.3, 0.4) is 0 Å². The number of furan rings is 1. The summed E-state index contributed by atoms with van der Waals surface area (Å²) < 4.78 is 12.7. The van der Waals surface area contributed by atoms with E-state index in [2.05, 4.69) is 5.32 Å². The summed E-state index contributed by atoms with van der Waals surface area (Å²) in [7, 11) is 1.60. The number of carbonyl (C=O) groups excluding carboxylic acids is 1. The van der Waals surface area contributed by atoms with E-state index in [9.17, 15) is 9.59 Å². The third kappa shape index (κ3) is 4.79. The van der Waals surface area contributed by atoms with E-state index in [0.717, 1.165) is 22.2 Å². The van der Waals surface area contributed by atoms with Crippen molar-refractivity contribution in [1.82, 2.24) is 9.55 Å². The van der Waals surface area contributed by atoms with Gasteiger partial charge in [-0.05, 0) is 48.9 Å². The molecular formula is C27H23N3O4S. The Morgan fingerprint density at radius 1 is 1.09 bits per heavy atom. The van der Waals surface area contributed by atoms with Gasteiger partial charge in [-0.25, -0.2) is 4.98 Å². The molecule has 0 atom stereocenters. The largest absolute Gasteiger partial charge is 0.497 e. The normalized spacial score (nSPS) is 11.1. The zero-order chi connectivity index (χ0) is 24.4. The summed E-state index contributed by atoms with van der Waals surface area (Å²) in [5, 5.41) is 4.09. The second-order valence-corrected chi connectivity index (χ2v) is 9.06. The lowest BCUT2D eigenvalue weighted by molar-refractivity contribution is -0.113. The van der Waals surface area contributed by atoms with Crippen molar-refractivity contribution in [3.8, 4) is 5.75 Å². The van der Waals surface area contributed by atoms with Crippen LogP contribution in [0.1, 0.15) is 11.1 Å². The molecule has 0 saturated heterocycles. The number of nitrogens with zero attached hydrogens (tertiary/aromatic N) is 2. The van der Waals surface area contributed by atoms with Gasteiger partial charge in [0.15, 0.2) is 5.16 Å². The zero-order valence-corrected chi connectivity index (χ0v) is 20.1. The van der Waals surface area contributed by atoms with Gasteiger partial charge in [-0.1, -0.05) is 53.7 Å². The fraction of sp³-hybridized carbons (Fsp3) is 0.148. The molecule has 3 aromatic carbocycles. The number of hydrogen-bond donors (Lipinski definition) is 1. The van der Waals surface area contributed by atoms with Crippen LogP contribution in [0.25, 0.3) is 22.1 Å². The maximum absolute atomic E-state index is 13.5. The van der Waals surface area contributed by atoms with E-state index in [1.807, 2.05) is 79.7 Å². The van der Waals surface area contributed by atoms with Gasteiger partial charge in [-0.15, -0.1) is 0 Å². The molecule has 1 N–H and O–H groups in total. The number of rotatable bonds is 7. The Morgan fingerprint density at radius 3 is 2.69 bits per heavy atom. The molecule has 2 heterocycles. The molecule has 0 unspecified atom stereocenters. The van der Waals surface area contributed by atoms with E-state index in [0.29, 0.717) is 22.0 Å². The van der Waals surface area contributed by atoms with Gasteiger partial charge in [-0.2, -0.15) is 0 Å². The first-order chi connectivity index (χ1) is 17.0. The number of methoxy groups -OCH3 is 1. The third-order valence-electron chi connectivity index (χ3n) is 5.59. The Labute approximate surface area is 205 Å². The minimum absolute atomic E-state index is 0.0969. The summed E-state index contributed by atoms with van der Waals surface area (Å²) in [6.07, 6.45) is 0. The maximum Gasteiger partial charge on any atom is 0.298 e. The van der Waals surface area contributed by atoms with Gasteiger partial charge in [0.05, 0.1) is 19.4 Å². The number of amides is 1. The summed E-state index contributed by atoms with van der Waals surface area (Å²) in [6, 6.07) is 22.5. The van der Waals surface area contributed by atoms with Crippen molar-refractivity contribution < 1.29 is 13.9 Å². The van der Waals surface area contributed by atoms with Crippen LogP contribution in [0.5, 0.6) is 5.75 Å². The molecule has 1 amide bonds. The zero-order valence-electron chi connectivity index (χ0n) is 19.3. The number of thioether (sulfide) groups is 1. The van der Waals surface area contributed by atoms with Gasteiger partial charge in [0.2, 0.25) is 11.5 Å². The van der Waals surface area contributed by atoms with Crippen LogP contribution in [-0.4, -0.2) is 28.3 Å². The summed E-state index contributed by atoms with van der Waals surface area (Å²) in [5.41, 5.74) is 3.70. The van der Waals surface area contributed by atoms with E-state index in [4.69, 9.17) is 14.1 Å². The monoisotopic (exact) mass is 485 g/mol. The van der Waals surface area contributed by atoms with Crippen LogP contribution in [0.15, 0.2) is 87.2 Å². The number of carbonyl (C=O) groups is 1. The lowest BCUT2D eigenvalue weighted by Gasteiger charge is -2.12. The molecule has 0 saturated carbocycles. The molecule has 0 aliphatic rings. The van der Waals surface area contributed by atoms with Crippen LogP contribution in [-0.2, 0) is 11.3 Å². The first-order valence-corrected chi connectivity index (χ1v) is 12.0. The number of fused-ring (bicyclic) bond motifs is 3. The molecule has 35 heavy (non-hydrogen) atoms. The fourth-order valence-electron chi connectivity index (χ4n) is 3.82. The van der Waals surface area contributed by atoms with Crippen LogP contribution < -0.4 is 15.6 Å². The van der Waals surface area contributed by atoms with Gasteiger partial charge in [0.1, 0.15) is 16.8 Å². The highest BCUT2D eigenvalue weighted by molar-refractivity contribution is 7.99. The summed E-state index contributed by atoms with van der Waals surface area (Å²) >= 11 is 1.21. The third-order valence-corrected chi connectivity index (χ3v) is 6.57. The maximum atomic E-state index is 13.5. The first-order valence-electron chi connectivity index (χ1n) is 11.1. The summed E-state index contributed by atoms with van der Waals surface area (Å²) in [4.78, 5) is 31.0. The summed E-state index contributed by atoms with van der Waals surface area (Å²) in [5.74, 6) is 0.609. The highest BCUT2D eigenvalue weighted by Gasteiger charge is 2.19. The second kappa shape index (κ2) is 9.68. The van der Waals surface area contributed by atoms with Gasteiger partial charge in [0.25, 0.3) is 5.56 Å². The van der Waals surface area contributed by atoms with Gasteiger partial charge >= 0.3 is 0 Å². The number of anilines is 1. The smallest absolute Gasteiger partial charge is 0.298 e. The van der Waals surface area contributed by atoms with Crippen LogP contribution in [0, 0.1) is 6.92 Å². The van der Waals surface area contributed by atoms with Gasteiger partial charge in [0, 0.05) is 11.1 Å². The number of aryl methyl sites for hydroxylation is 1. The van der Waals surface area contributed by atoms with Gasteiger partial charge in [-0.3, -0.25) is 14.2 Å². The molecule has 0 aliphatic heterocycles. The standard InChI is InChI=1S/C27H23N3O4S/c1-17-10-12-19(13-11-17)28-23(31)16-35-27-29-24-21-8-3-4-9-22(21)34-25(24)26(32)30(27)15-18-6-5-7-20(14-18)33-2/h3-14H,15-16H2,1-2H3,(H,28,31). The van der Waals surface area contributed by atoms with Crippen LogP contribution in [0.2, 0.25) is 0 Å². The molecule has 8 heteroatoms. The number of hydrogen-bond acceptors (Lipinski definition) is 6. The topological polar surface area (TPSA) is 86.4 Å². The Hall–Kier alpha value is -4.04. The predicted molar refractivity (Wildman–Crippen MR) is 138 cm³/mol. The fourth-order valence-corrected chi connectivity index (χ4v) is 4.61. The van der Waals surface area contributed by atoms with E-state index in [1.165, 1.54) is 11.8 Å². The van der Waals surface area contributed by atoms with Crippen molar-refractivity contribution >= 4 is 45.4 Å². The quantitative estimate of drug-likeness (QED) is 0.251. The Kier molecular flexibility index (Phi) is 6.29. The molecule has 0 aliphatic carbocycles. The first kappa shape index (κ1) is 22.7. The minimum Gasteiger partial charge on any atom is -0.497 e. The molecule has 0 bridgehead atoms. The van der Waals surface area contributed by atoms with E-state index < -0.39 is 0 Å². The second-order valence-electron chi connectivity index (χ2n) is 8.12. The number of benzene rings is 3. The van der Waals surface area contributed by atoms with Crippen molar-refractivity contribution in [3.05, 3.63) is 94.3 Å². The molecule has 0 radical (unpaired) electrons. The molecule has 0 spiro atoms. The van der Waals surface area contributed by atoms with Crippen LogP contribution in [0.4, 0.5) is 5.69 Å². The number of para-hydroxylation sites is 1. The van der Waals surface area contributed by atoms with E-state index >= 15 is 0 Å². The highest BCUT2D eigenvalue weighted by Crippen LogP contribution is 2.28. The predicted octanol–water partition coefficient (Wildman–Crippen LogP) is 5.24. The molecule has 5 aromatic rings. The van der Waals surface area contributed by atoms with Crippen molar-refractivity contribution in [2.24, 2.45) is 0 Å². The van der Waals surface area contributed by atoms with Crippen molar-refractivity contribution in [3.63, 3.8) is 0 Å². The lowest BCUT2D eigenvalue weighted by atomic mass is 10.2. The molecule has 176 valence electrons. The van der Waals surface area contributed by atoms with Crippen molar-refractivity contribution in [2.45, 2.75) is 18.6 Å². The molecule has 2 aromatic heterocycles. The number of nitrogens with one attached hydrogen (secondary N) is 1. The number of ether oxygens (including phenoxy) is 1. The van der Waals surface area contributed by atoms with E-state index in [-0.39, 0.29) is 29.3 Å². The van der Waals surface area contributed by atoms with E-state index in [1.54, 1.807) is 11.7 Å². The number of aromatic nitrogens is 2. The highest BCUT2D eigenvalue weighted by atomic mass is 32.2. The molecular weight excluding hydrogens is 462 g/mol. The van der Waals surface area contributed by atoms with Crippen LogP contribution >= 0.6 is 11.8 Å². The molecule has 5 rings (SSSR count).